The van der Waals surface area contributed by atoms with E-state index in [2.05, 4.69) is 10.0 Å². The zero-order valence-corrected chi connectivity index (χ0v) is 14.3. The first-order valence-corrected chi connectivity index (χ1v) is 8.55. The van der Waals surface area contributed by atoms with Crippen LogP contribution in [0.2, 0.25) is 0 Å². The minimum atomic E-state index is -3.59. The Morgan fingerprint density at radius 1 is 1.29 bits per heavy atom. The van der Waals surface area contributed by atoms with E-state index in [1.807, 2.05) is 33.9 Å². The van der Waals surface area contributed by atoms with Crippen molar-refractivity contribution in [1.82, 2.24) is 10.0 Å². The van der Waals surface area contributed by atoms with E-state index >= 15 is 0 Å². The Balaban J connectivity index is 3.08. The van der Waals surface area contributed by atoms with Gasteiger partial charge in [-0.2, -0.15) is 0 Å². The molecule has 120 valence electrons. The molecule has 0 spiro atoms. The van der Waals surface area contributed by atoms with E-state index < -0.39 is 10.0 Å². The number of ether oxygens (including phenoxy) is 1. The summed E-state index contributed by atoms with van der Waals surface area (Å²) in [5, 5.41) is 3.01. The van der Waals surface area contributed by atoms with Crippen LogP contribution in [-0.2, 0) is 16.6 Å². The largest absolute Gasteiger partial charge is 0.495 e. The van der Waals surface area contributed by atoms with Gasteiger partial charge in [0.05, 0.1) is 7.11 Å². The Bertz CT molecular complexity index is 568. The van der Waals surface area contributed by atoms with Gasteiger partial charge in [0.15, 0.2) is 0 Å². The molecule has 0 saturated heterocycles. The fourth-order valence-corrected chi connectivity index (χ4v) is 3.20. The Hall–Kier alpha value is -1.11. The molecule has 0 aliphatic rings. The van der Waals surface area contributed by atoms with E-state index in [1.54, 1.807) is 12.1 Å². The van der Waals surface area contributed by atoms with Crippen molar-refractivity contribution in [3.63, 3.8) is 0 Å². The molecule has 0 unspecified atom stereocenters. The molecule has 0 amide bonds. The molecule has 0 saturated carbocycles. The van der Waals surface area contributed by atoms with Gasteiger partial charge in [-0.15, -0.1) is 0 Å². The fourth-order valence-electron chi connectivity index (χ4n) is 1.74. The highest BCUT2D eigenvalue weighted by Crippen LogP contribution is 2.26. The van der Waals surface area contributed by atoms with Crippen LogP contribution in [0, 0.1) is 5.41 Å². The van der Waals surface area contributed by atoms with Gasteiger partial charge in [0, 0.05) is 13.1 Å². The Morgan fingerprint density at radius 3 is 2.48 bits per heavy atom. The van der Waals surface area contributed by atoms with Crippen LogP contribution in [0.5, 0.6) is 5.75 Å². The minimum Gasteiger partial charge on any atom is -0.495 e. The third kappa shape index (κ3) is 4.98. The minimum absolute atomic E-state index is 0.0805. The summed E-state index contributed by atoms with van der Waals surface area (Å²) in [6, 6.07) is 5.19. The van der Waals surface area contributed by atoms with Crippen LogP contribution < -0.4 is 14.8 Å². The summed E-state index contributed by atoms with van der Waals surface area (Å²) < 4.78 is 32.9. The monoisotopic (exact) mass is 314 g/mol. The van der Waals surface area contributed by atoms with E-state index in [4.69, 9.17) is 4.74 Å². The first-order valence-electron chi connectivity index (χ1n) is 7.07. The van der Waals surface area contributed by atoms with Gasteiger partial charge in [-0.05, 0) is 36.6 Å². The van der Waals surface area contributed by atoms with Crippen LogP contribution in [-0.4, -0.2) is 29.1 Å². The second kappa shape index (κ2) is 7.24. The van der Waals surface area contributed by atoms with Crippen molar-refractivity contribution in [3.05, 3.63) is 23.8 Å². The molecular formula is C15H26N2O3S. The molecular weight excluding hydrogens is 288 g/mol. The third-order valence-electron chi connectivity index (χ3n) is 3.60. The summed E-state index contributed by atoms with van der Waals surface area (Å²) in [5.74, 6) is 0.358. The molecule has 0 aliphatic heterocycles. The highest BCUT2D eigenvalue weighted by molar-refractivity contribution is 7.89. The van der Waals surface area contributed by atoms with Crippen molar-refractivity contribution in [2.75, 3.05) is 20.7 Å². The number of sulfonamides is 1. The Labute approximate surface area is 128 Å². The van der Waals surface area contributed by atoms with Crippen molar-refractivity contribution >= 4 is 10.0 Å². The van der Waals surface area contributed by atoms with E-state index in [0.717, 1.165) is 12.0 Å². The van der Waals surface area contributed by atoms with Crippen LogP contribution in [0.1, 0.15) is 32.8 Å². The number of benzene rings is 1. The summed E-state index contributed by atoms with van der Waals surface area (Å²) in [7, 11) is -0.296. The summed E-state index contributed by atoms with van der Waals surface area (Å²) in [4.78, 5) is 0.185. The number of nitrogens with one attached hydrogen (secondary N) is 2. The average Bonchev–Trinajstić information content (AvgIpc) is 2.46. The Morgan fingerprint density at radius 2 is 1.95 bits per heavy atom. The maximum Gasteiger partial charge on any atom is 0.244 e. The van der Waals surface area contributed by atoms with Crippen LogP contribution in [0.25, 0.3) is 0 Å². The van der Waals surface area contributed by atoms with Gasteiger partial charge in [0.1, 0.15) is 10.6 Å². The zero-order chi connectivity index (χ0) is 16.1. The molecule has 0 aromatic heterocycles. The smallest absolute Gasteiger partial charge is 0.244 e. The molecule has 1 aromatic carbocycles. The second-order valence-corrected chi connectivity index (χ2v) is 7.59. The second-order valence-electron chi connectivity index (χ2n) is 5.86. The summed E-state index contributed by atoms with van der Waals surface area (Å²) in [6.07, 6.45) is 0.895. The van der Waals surface area contributed by atoms with Gasteiger partial charge in [-0.1, -0.05) is 26.8 Å². The highest BCUT2D eigenvalue weighted by atomic mass is 32.2. The van der Waals surface area contributed by atoms with Crippen LogP contribution in [0.3, 0.4) is 0 Å². The standard InChI is InChI=1S/C15H26N2O3S/c1-6-15(2,3)11-17-21(18,19)14-9-12(10-16-4)7-8-13(14)20-5/h7-9,16-17H,6,10-11H2,1-5H3. The lowest BCUT2D eigenvalue weighted by molar-refractivity contribution is 0.349. The molecule has 0 bridgehead atoms. The maximum atomic E-state index is 12.5. The molecule has 21 heavy (non-hydrogen) atoms. The lowest BCUT2D eigenvalue weighted by Crippen LogP contribution is -2.33. The van der Waals surface area contributed by atoms with E-state index in [-0.39, 0.29) is 10.3 Å². The number of hydrogen-bond donors (Lipinski definition) is 2. The van der Waals surface area contributed by atoms with E-state index in [9.17, 15) is 8.42 Å². The fraction of sp³-hybridized carbons (Fsp3) is 0.600. The van der Waals surface area contributed by atoms with Crippen molar-refractivity contribution in [3.8, 4) is 5.75 Å². The molecule has 0 aliphatic carbocycles. The van der Waals surface area contributed by atoms with Gasteiger partial charge in [0.25, 0.3) is 0 Å². The van der Waals surface area contributed by atoms with Gasteiger partial charge in [-0.3, -0.25) is 0 Å². The molecule has 0 heterocycles. The molecule has 1 rings (SSSR count). The van der Waals surface area contributed by atoms with Gasteiger partial charge < -0.3 is 10.1 Å². The summed E-state index contributed by atoms with van der Waals surface area (Å²) >= 11 is 0. The first kappa shape index (κ1) is 17.9. The van der Waals surface area contributed by atoms with Gasteiger partial charge in [0.2, 0.25) is 10.0 Å². The van der Waals surface area contributed by atoms with Crippen LogP contribution >= 0.6 is 0 Å². The van der Waals surface area contributed by atoms with Crippen molar-refractivity contribution in [2.45, 2.75) is 38.6 Å². The molecule has 0 radical (unpaired) electrons. The number of hydrogen-bond acceptors (Lipinski definition) is 4. The van der Waals surface area contributed by atoms with Crippen LogP contribution in [0.15, 0.2) is 23.1 Å². The SMILES string of the molecule is CCC(C)(C)CNS(=O)(=O)c1cc(CNC)ccc1OC. The predicted octanol–water partition coefficient (Wildman–Crippen LogP) is 2.13. The molecule has 0 atom stereocenters. The predicted molar refractivity (Wildman–Crippen MR) is 85.0 cm³/mol. The van der Waals surface area contributed by atoms with Crippen molar-refractivity contribution < 1.29 is 13.2 Å². The Kier molecular flexibility index (Phi) is 6.19. The van der Waals surface area contributed by atoms with Crippen LogP contribution in [0.4, 0.5) is 0 Å². The molecule has 2 N–H and O–H groups in total. The summed E-state index contributed by atoms with van der Waals surface area (Å²) in [6.45, 7) is 7.11. The van der Waals surface area contributed by atoms with E-state index in [0.29, 0.717) is 18.8 Å². The highest BCUT2D eigenvalue weighted by Gasteiger charge is 2.23. The van der Waals surface area contributed by atoms with Crippen molar-refractivity contribution in [1.29, 1.82) is 0 Å². The molecule has 5 nitrogen and oxygen atoms in total. The lowest BCUT2D eigenvalue weighted by Gasteiger charge is -2.23. The normalized spacial score (nSPS) is 12.4. The molecule has 1 aromatic rings. The molecule has 0 fully saturated rings. The van der Waals surface area contributed by atoms with Crippen molar-refractivity contribution in [2.24, 2.45) is 5.41 Å². The first-order chi connectivity index (χ1) is 9.75. The van der Waals surface area contributed by atoms with Gasteiger partial charge >= 0.3 is 0 Å². The zero-order valence-electron chi connectivity index (χ0n) is 13.5. The topological polar surface area (TPSA) is 67.4 Å². The summed E-state index contributed by atoms with van der Waals surface area (Å²) in [5.41, 5.74) is 0.816. The maximum absolute atomic E-state index is 12.5. The lowest BCUT2D eigenvalue weighted by atomic mass is 9.91. The third-order valence-corrected chi connectivity index (χ3v) is 5.02. The number of methoxy groups -OCH3 is 1. The molecule has 6 heteroatoms. The average molecular weight is 314 g/mol. The quantitative estimate of drug-likeness (QED) is 0.771. The number of rotatable bonds is 8. The van der Waals surface area contributed by atoms with Gasteiger partial charge in [-0.25, -0.2) is 13.1 Å². The van der Waals surface area contributed by atoms with E-state index in [1.165, 1.54) is 7.11 Å².